The van der Waals surface area contributed by atoms with E-state index in [0.29, 0.717) is 11.4 Å². The summed E-state index contributed by atoms with van der Waals surface area (Å²) >= 11 is 1.38. The number of sulfonamides is 2. The lowest BCUT2D eigenvalue weighted by Crippen LogP contribution is -2.33. The van der Waals surface area contributed by atoms with Crippen molar-refractivity contribution in [2.24, 2.45) is 5.14 Å². The average molecular weight is 339 g/mol. The van der Waals surface area contributed by atoms with E-state index in [1.807, 2.05) is 0 Å². The number of benzene rings is 1. The Kier molecular flexibility index (Phi) is 6.27. The average Bonchev–Trinajstić information content (AvgIpc) is 2.29. The Hall–Kier alpha value is -0.810. The van der Waals surface area contributed by atoms with Crippen LogP contribution >= 0.6 is 11.8 Å². The Balaban J connectivity index is 2.34. The second-order valence-corrected chi connectivity index (χ2v) is 8.83. The molecule has 0 spiro atoms. The van der Waals surface area contributed by atoms with E-state index >= 15 is 0 Å². The van der Waals surface area contributed by atoms with Gasteiger partial charge in [0.1, 0.15) is 0 Å². The molecule has 1 aromatic rings. The van der Waals surface area contributed by atoms with Crippen LogP contribution in [0.4, 0.5) is 5.69 Å². The van der Waals surface area contributed by atoms with E-state index in [0.717, 1.165) is 4.90 Å². The maximum Gasteiger partial charge on any atom is 0.212 e. The highest BCUT2D eigenvalue weighted by molar-refractivity contribution is 8.00. The minimum absolute atomic E-state index is 0.105. The fourth-order valence-corrected chi connectivity index (χ4v) is 4.09. The first kappa shape index (κ1) is 17.2. The minimum Gasteiger partial charge on any atom is -0.399 e. The fourth-order valence-electron chi connectivity index (χ4n) is 1.24. The number of hydrogen-bond acceptors (Lipinski definition) is 6. The molecule has 0 bridgehead atoms. The lowest BCUT2D eigenvalue weighted by Gasteiger charge is -2.06. The summed E-state index contributed by atoms with van der Waals surface area (Å²) in [5.74, 6) is -0.168. The molecule has 0 heterocycles. The van der Waals surface area contributed by atoms with Crippen LogP contribution in [-0.4, -0.2) is 40.6 Å². The number of nitrogen functional groups attached to an aromatic ring is 1. The van der Waals surface area contributed by atoms with Gasteiger partial charge in [-0.2, -0.15) is 0 Å². The summed E-state index contributed by atoms with van der Waals surface area (Å²) in [5.41, 5.74) is 6.19. The molecule has 114 valence electrons. The maximum absolute atomic E-state index is 11.6. The van der Waals surface area contributed by atoms with Gasteiger partial charge in [-0.05, 0) is 24.3 Å². The number of nitrogens with one attached hydrogen (secondary N) is 1. The molecule has 0 aliphatic heterocycles. The molecule has 1 aromatic carbocycles. The summed E-state index contributed by atoms with van der Waals surface area (Å²) in [5, 5.41) is 4.78. The summed E-state index contributed by atoms with van der Waals surface area (Å²) in [7, 11) is -7.16. The van der Waals surface area contributed by atoms with Gasteiger partial charge in [0.05, 0.1) is 11.5 Å². The molecule has 0 amide bonds. The molecule has 0 fully saturated rings. The first-order chi connectivity index (χ1) is 9.18. The van der Waals surface area contributed by atoms with E-state index < -0.39 is 25.8 Å². The zero-order chi connectivity index (χ0) is 15.2. The van der Waals surface area contributed by atoms with Crippen molar-refractivity contribution < 1.29 is 16.8 Å². The summed E-state index contributed by atoms with van der Waals surface area (Å²) in [6, 6.07) is 7.09. The molecule has 7 nitrogen and oxygen atoms in total. The molecular weight excluding hydrogens is 322 g/mol. The molecule has 0 radical (unpaired) electrons. The van der Waals surface area contributed by atoms with Gasteiger partial charge in [-0.3, -0.25) is 0 Å². The van der Waals surface area contributed by atoms with Crippen LogP contribution < -0.4 is 15.6 Å². The molecule has 0 unspecified atom stereocenters. The number of nitrogens with two attached hydrogens (primary N) is 2. The van der Waals surface area contributed by atoms with Crippen molar-refractivity contribution in [1.82, 2.24) is 4.72 Å². The first-order valence-corrected chi connectivity index (χ1v) is 9.99. The van der Waals surface area contributed by atoms with Crippen LogP contribution in [0.25, 0.3) is 0 Å². The van der Waals surface area contributed by atoms with E-state index in [4.69, 9.17) is 10.9 Å². The second kappa shape index (κ2) is 7.27. The summed E-state index contributed by atoms with van der Waals surface area (Å²) < 4.78 is 46.7. The van der Waals surface area contributed by atoms with E-state index in [2.05, 4.69) is 4.72 Å². The molecule has 0 atom stereocenters. The first-order valence-electron chi connectivity index (χ1n) is 5.64. The Morgan fingerprint density at radius 3 is 2.20 bits per heavy atom. The monoisotopic (exact) mass is 339 g/mol. The van der Waals surface area contributed by atoms with Gasteiger partial charge in [-0.1, -0.05) is 0 Å². The van der Waals surface area contributed by atoms with E-state index in [1.54, 1.807) is 24.3 Å². The van der Waals surface area contributed by atoms with Gasteiger partial charge in [-0.25, -0.2) is 26.7 Å². The van der Waals surface area contributed by atoms with Crippen molar-refractivity contribution in [2.45, 2.75) is 4.90 Å². The van der Waals surface area contributed by atoms with Crippen molar-refractivity contribution in [3.8, 4) is 0 Å². The van der Waals surface area contributed by atoms with Crippen molar-refractivity contribution in [1.29, 1.82) is 0 Å². The Bertz CT molecular complexity index is 626. The van der Waals surface area contributed by atoms with Gasteiger partial charge < -0.3 is 5.73 Å². The van der Waals surface area contributed by atoms with E-state index in [-0.39, 0.29) is 12.3 Å². The number of hydrogen-bond donors (Lipinski definition) is 3. The standard InChI is InChI=1S/C10H17N3O4S3/c11-9-1-3-10(4-2-9)18-6-8-20(16,17)13-5-7-19(12,14)15/h1-4,13H,5-8,11H2,(H2,12,14,15). The second-order valence-electron chi connectivity index (χ2n) is 4.00. The number of thioether (sulfide) groups is 1. The highest BCUT2D eigenvalue weighted by atomic mass is 32.2. The molecule has 0 aliphatic rings. The number of primary sulfonamides is 1. The van der Waals surface area contributed by atoms with Gasteiger partial charge >= 0.3 is 0 Å². The quantitative estimate of drug-likeness (QED) is 0.435. The predicted molar refractivity (Wildman–Crippen MR) is 81.3 cm³/mol. The van der Waals surface area contributed by atoms with Crippen LogP contribution in [0.2, 0.25) is 0 Å². The highest BCUT2D eigenvalue weighted by Gasteiger charge is 2.11. The van der Waals surface area contributed by atoms with Crippen LogP contribution in [-0.2, 0) is 20.0 Å². The smallest absolute Gasteiger partial charge is 0.212 e. The molecule has 1 rings (SSSR count). The largest absolute Gasteiger partial charge is 0.399 e. The van der Waals surface area contributed by atoms with Gasteiger partial charge in [0.2, 0.25) is 20.0 Å². The third-order valence-corrected chi connectivity index (χ3v) is 5.64. The van der Waals surface area contributed by atoms with E-state index in [9.17, 15) is 16.8 Å². The zero-order valence-electron chi connectivity index (χ0n) is 10.7. The van der Waals surface area contributed by atoms with Crippen LogP contribution in [0.3, 0.4) is 0 Å². The van der Waals surface area contributed by atoms with Gasteiger partial charge in [0.15, 0.2) is 0 Å². The van der Waals surface area contributed by atoms with Crippen LogP contribution in [0.15, 0.2) is 29.2 Å². The molecule has 20 heavy (non-hydrogen) atoms. The third kappa shape index (κ3) is 7.70. The number of rotatable bonds is 8. The highest BCUT2D eigenvalue weighted by Crippen LogP contribution is 2.19. The molecule has 10 heteroatoms. The minimum atomic E-state index is -3.66. The Labute approximate surface area is 123 Å². The third-order valence-electron chi connectivity index (χ3n) is 2.21. The molecule has 0 aliphatic carbocycles. The predicted octanol–water partition coefficient (Wildman–Crippen LogP) is -0.431. The summed E-state index contributed by atoms with van der Waals surface area (Å²) in [4.78, 5) is 0.916. The molecule has 5 N–H and O–H groups in total. The Morgan fingerprint density at radius 2 is 1.65 bits per heavy atom. The van der Waals surface area contributed by atoms with Gasteiger partial charge in [0.25, 0.3) is 0 Å². The van der Waals surface area contributed by atoms with Crippen LogP contribution in [0.1, 0.15) is 0 Å². The molecule has 0 saturated carbocycles. The van der Waals surface area contributed by atoms with Crippen molar-refractivity contribution in [2.75, 3.05) is 29.5 Å². The fraction of sp³-hybridized carbons (Fsp3) is 0.400. The topological polar surface area (TPSA) is 132 Å². The van der Waals surface area contributed by atoms with Crippen molar-refractivity contribution in [3.63, 3.8) is 0 Å². The molecule has 0 saturated heterocycles. The lowest BCUT2D eigenvalue weighted by atomic mass is 10.3. The van der Waals surface area contributed by atoms with Gasteiger partial charge in [-0.15, -0.1) is 11.8 Å². The SMILES string of the molecule is Nc1ccc(SCCS(=O)(=O)NCCS(N)(=O)=O)cc1. The summed E-state index contributed by atoms with van der Waals surface area (Å²) in [6.07, 6.45) is 0. The Morgan fingerprint density at radius 1 is 1.05 bits per heavy atom. The van der Waals surface area contributed by atoms with Crippen LogP contribution in [0.5, 0.6) is 0 Å². The van der Waals surface area contributed by atoms with E-state index in [1.165, 1.54) is 11.8 Å². The molecular formula is C10H17N3O4S3. The van der Waals surface area contributed by atoms with Gasteiger partial charge in [0, 0.05) is 22.9 Å². The van der Waals surface area contributed by atoms with Crippen LogP contribution in [0, 0.1) is 0 Å². The zero-order valence-corrected chi connectivity index (χ0v) is 13.1. The summed E-state index contributed by atoms with van der Waals surface area (Å²) in [6.45, 7) is -0.215. The lowest BCUT2D eigenvalue weighted by molar-refractivity contribution is 0.582. The number of anilines is 1. The maximum atomic E-state index is 11.6. The normalized spacial score (nSPS) is 12.4. The molecule has 0 aromatic heterocycles. The van der Waals surface area contributed by atoms with Crippen molar-refractivity contribution in [3.05, 3.63) is 24.3 Å². The van der Waals surface area contributed by atoms with Crippen molar-refractivity contribution >= 4 is 37.5 Å².